The average Bonchev–Trinajstić information content (AvgIpc) is 2.44. The summed E-state index contributed by atoms with van der Waals surface area (Å²) >= 11 is 3.46. The maximum absolute atomic E-state index is 11.8. The van der Waals surface area contributed by atoms with E-state index in [0.717, 1.165) is 41.7 Å². The Morgan fingerprint density at radius 1 is 1.40 bits per heavy atom. The normalized spacial score (nSPS) is 17.0. The zero-order chi connectivity index (χ0) is 14.7. The van der Waals surface area contributed by atoms with E-state index in [1.165, 1.54) is 7.11 Å². The number of nitrogens with zero attached hydrogens (tertiary/aromatic N) is 1. The van der Waals surface area contributed by atoms with E-state index >= 15 is 0 Å². The van der Waals surface area contributed by atoms with Crippen molar-refractivity contribution >= 4 is 27.6 Å². The Labute approximate surface area is 128 Å². The summed E-state index contributed by atoms with van der Waals surface area (Å²) in [5, 5.41) is 3.57. The number of carbonyl (C=O) groups excluding carboxylic acids is 1. The molecule has 1 N–H and O–H groups in total. The fourth-order valence-electron chi connectivity index (χ4n) is 2.52. The summed E-state index contributed by atoms with van der Waals surface area (Å²) in [6.45, 7) is 4.17. The van der Waals surface area contributed by atoms with Crippen molar-refractivity contribution in [3.05, 3.63) is 27.7 Å². The highest BCUT2D eigenvalue weighted by molar-refractivity contribution is 9.10. The van der Waals surface area contributed by atoms with Crippen LogP contribution in [0, 0.1) is 6.92 Å². The molecule has 0 radical (unpaired) electrons. The molecule has 0 amide bonds. The zero-order valence-corrected chi connectivity index (χ0v) is 13.8. The van der Waals surface area contributed by atoms with Crippen LogP contribution in [0.15, 0.2) is 16.6 Å². The molecule has 0 aromatic heterocycles. The van der Waals surface area contributed by atoms with Crippen molar-refractivity contribution in [3.8, 4) is 0 Å². The first-order chi connectivity index (χ1) is 9.51. The predicted octanol–water partition coefficient (Wildman–Crippen LogP) is 3.05. The second-order valence-electron chi connectivity index (χ2n) is 5.34. The van der Waals surface area contributed by atoms with Crippen LogP contribution in [-0.4, -0.2) is 44.2 Å². The van der Waals surface area contributed by atoms with Crippen molar-refractivity contribution in [1.29, 1.82) is 0 Å². The van der Waals surface area contributed by atoms with Crippen molar-refractivity contribution in [2.45, 2.75) is 25.8 Å². The maximum Gasteiger partial charge on any atom is 0.338 e. The Bertz CT molecular complexity index is 497. The molecule has 0 atom stereocenters. The standard InChI is InChI=1S/C15H21BrN2O2/c1-10-13(15(19)20-3)8-11(16)9-14(10)17-12-4-6-18(2)7-5-12/h8-9,12,17H,4-7H2,1-3H3. The SMILES string of the molecule is COC(=O)c1cc(Br)cc(NC2CCN(C)CC2)c1C. The van der Waals surface area contributed by atoms with Crippen LogP contribution < -0.4 is 5.32 Å². The van der Waals surface area contributed by atoms with Gasteiger partial charge in [-0.05, 0) is 57.6 Å². The third-order valence-corrected chi connectivity index (χ3v) is 4.31. The molecule has 0 bridgehead atoms. The first-order valence-corrected chi connectivity index (χ1v) is 7.64. The van der Waals surface area contributed by atoms with Gasteiger partial charge in [0.05, 0.1) is 12.7 Å². The van der Waals surface area contributed by atoms with Crippen molar-refractivity contribution in [1.82, 2.24) is 4.90 Å². The van der Waals surface area contributed by atoms with Crippen LogP contribution in [0.5, 0.6) is 0 Å². The first kappa shape index (κ1) is 15.3. The van der Waals surface area contributed by atoms with Gasteiger partial charge < -0.3 is 15.0 Å². The number of piperidine rings is 1. The number of methoxy groups -OCH3 is 1. The molecule has 1 aromatic rings. The van der Waals surface area contributed by atoms with E-state index in [1.54, 1.807) is 6.07 Å². The molecular weight excluding hydrogens is 320 g/mol. The molecule has 1 fully saturated rings. The molecule has 2 rings (SSSR count). The van der Waals surface area contributed by atoms with Crippen LogP contribution in [0.3, 0.4) is 0 Å². The summed E-state index contributed by atoms with van der Waals surface area (Å²) in [6.07, 6.45) is 2.24. The van der Waals surface area contributed by atoms with Crippen molar-refractivity contribution in [3.63, 3.8) is 0 Å². The fraction of sp³-hybridized carbons (Fsp3) is 0.533. The third kappa shape index (κ3) is 3.52. The number of rotatable bonds is 3. The van der Waals surface area contributed by atoms with E-state index in [2.05, 4.69) is 33.2 Å². The van der Waals surface area contributed by atoms with Crippen LogP contribution in [0.1, 0.15) is 28.8 Å². The summed E-state index contributed by atoms with van der Waals surface area (Å²) in [5.74, 6) is -0.296. The highest BCUT2D eigenvalue weighted by Gasteiger charge is 2.19. The lowest BCUT2D eigenvalue weighted by atomic mass is 10.0. The second-order valence-corrected chi connectivity index (χ2v) is 6.26. The Hall–Kier alpha value is -1.07. The van der Waals surface area contributed by atoms with E-state index < -0.39 is 0 Å². The second kappa shape index (κ2) is 6.59. The number of benzene rings is 1. The highest BCUT2D eigenvalue weighted by atomic mass is 79.9. The quantitative estimate of drug-likeness (QED) is 0.858. The summed E-state index contributed by atoms with van der Waals surface area (Å²) in [4.78, 5) is 14.1. The number of likely N-dealkylation sites (tertiary alicyclic amines) is 1. The molecule has 0 aliphatic carbocycles. The molecule has 20 heavy (non-hydrogen) atoms. The molecule has 1 aromatic carbocycles. The fourth-order valence-corrected chi connectivity index (χ4v) is 2.98. The summed E-state index contributed by atoms with van der Waals surface area (Å²) in [5.41, 5.74) is 2.56. The number of esters is 1. The largest absolute Gasteiger partial charge is 0.465 e. The van der Waals surface area contributed by atoms with E-state index in [1.807, 2.05) is 13.0 Å². The minimum Gasteiger partial charge on any atom is -0.465 e. The molecule has 0 spiro atoms. The van der Waals surface area contributed by atoms with Gasteiger partial charge in [-0.1, -0.05) is 15.9 Å². The van der Waals surface area contributed by atoms with Crippen LogP contribution in [0.2, 0.25) is 0 Å². The topological polar surface area (TPSA) is 41.6 Å². The number of halogens is 1. The van der Waals surface area contributed by atoms with Crippen LogP contribution >= 0.6 is 15.9 Å². The van der Waals surface area contributed by atoms with Crippen LogP contribution in [0.4, 0.5) is 5.69 Å². The molecular formula is C15H21BrN2O2. The monoisotopic (exact) mass is 340 g/mol. The summed E-state index contributed by atoms with van der Waals surface area (Å²) in [7, 11) is 3.56. The number of hydrogen-bond acceptors (Lipinski definition) is 4. The number of ether oxygens (including phenoxy) is 1. The number of nitrogens with one attached hydrogen (secondary N) is 1. The lowest BCUT2D eigenvalue weighted by Crippen LogP contribution is -2.36. The van der Waals surface area contributed by atoms with Crippen molar-refractivity contribution in [2.24, 2.45) is 0 Å². The molecule has 0 saturated carbocycles. The lowest BCUT2D eigenvalue weighted by Gasteiger charge is -2.30. The molecule has 4 nitrogen and oxygen atoms in total. The molecule has 1 saturated heterocycles. The Balaban J connectivity index is 2.19. The lowest BCUT2D eigenvalue weighted by molar-refractivity contribution is 0.0600. The van der Waals surface area contributed by atoms with Gasteiger partial charge in [0, 0.05) is 16.2 Å². The van der Waals surface area contributed by atoms with E-state index in [4.69, 9.17) is 4.74 Å². The Morgan fingerprint density at radius 2 is 2.05 bits per heavy atom. The van der Waals surface area contributed by atoms with Gasteiger partial charge >= 0.3 is 5.97 Å². The smallest absolute Gasteiger partial charge is 0.338 e. The Morgan fingerprint density at radius 3 is 2.65 bits per heavy atom. The van der Waals surface area contributed by atoms with Gasteiger partial charge in [0.15, 0.2) is 0 Å². The minimum absolute atomic E-state index is 0.296. The summed E-state index contributed by atoms with van der Waals surface area (Å²) in [6, 6.07) is 4.30. The van der Waals surface area contributed by atoms with Crippen LogP contribution in [-0.2, 0) is 4.74 Å². The van der Waals surface area contributed by atoms with Gasteiger partial charge in [0.25, 0.3) is 0 Å². The number of hydrogen-bond donors (Lipinski definition) is 1. The predicted molar refractivity (Wildman–Crippen MR) is 84.4 cm³/mol. The first-order valence-electron chi connectivity index (χ1n) is 6.85. The van der Waals surface area contributed by atoms with Gasteiger partial charge in [-0.2, -0.15) is 0 Å². The van der Waals surface area contributed by atoms with Gasteiger partial charge in [-0.15, -0.1) is 0 Å². The molecule has 1 heterocycles. The van der Waals surface area contributed by atoms with Gasteiger partial charge in [0.2, 0.25) is 0 Å². The molecule has 5 heteroatoms. The molecule has 110 valence electrons. The molecule has 1 aliphatic heterocycles. The van der Waals surface area contributed by atoms with Gasteiger partial charge in [0.1, 0.15) is 0 Å². The Kier molecular flexibility index (Phi) is 5.05. The number of carbonyl (C=O) groups is 1. The van der Waals surface area contributed by atoms with Gasteiger partial charge in [-0.25, -0.2) is 4.79 Å². The molecule has 0 unspecified atom stereocenters. The highest BCUT2D eigenvalue weighted by Crippen LogP contribution is 2.27. The van der Waals surface area contributed by atoms with E-state index in [9.17, 15) is 4.79 Å². The van der Waals surface area contributed by atoms with Crippen molar-refractivity contribution < 1.29 is 9.53 Å². The van der Waals surface area contributed by atoms with E-state index in [0.29, 0.717) is 11.6 Å². The number of anilines is 1. The maximum atomic E-state index is 11.8. The summed E-state index contributed by atoms with van der Waals surface area (Å²) < 4.78 is 5.72. The third-order valence-electron chi connectivity index (χ3n) is 3.86. The van der Waals surface area contributed by atoms with Gasteiger partial charge in [-0.3, -0.25) is 0 Å². The minimum atomic E-state index is -0.296. The molecule has 1 aliphatic rings. The van der Waals surface area contributed by atoms with E-state index in [-0.39, 0.29) is 5.97 Å². The van der Waals surface area contributed by atoms with Crippen LogP contribution in [0.25, 0.3) is 0 Å². The average molecular weight is 341 g/mol. The zero-order valence-electron chi connectivity index (χ0n) is 12.2. The van der Waals surface area contributed by atoms with Crippen molar-refractivity contribution in [2.75, 3.05) is 32.6 Å².